The molecule has 0 unspecified atom stereocenters. The van der Waals surface area contributed by atoms with Gasteiger partial charge in [0.15, 0.2) is 5.65 Å². The average Bonchev–Trinajstić information content (AvgIpc) is 2.71. The molecule has 3 aromatic rings. The first-order chi connectivity index (χ1) is 8.31. The normalized spacial score (nSPS) is 10.6. The van der Waals surface area contributed by atoms with Gasteiger partial charge in [-0.3, -0.25) is 0 Å². The molecule has 0 bridgehead atoms. The summed E-state index contributed by atoms with van der Waals surface area (Å²) in [6.45, 7) is 2.02. The van der Waals surface area contributed by atoms with E-state index in [1.54, 1.807) is 6.20 Å². The Hall–Kier alpha value is -2.36. The van der Waals surface area contributed by atoms with Gasteiger partial charge in [0, 0.05) is 6.20 Å². The molecule has 0 amide bonds. The van der Waals surface area contributed by atoms with Crippen LogP contribution in [0.5, 0.6) is 11.8 Å². The summed E-state index contributed by atoms with van der Waals surface area (Å²) in [5.74, 6) is 0.768. The van der Waals surface area contributed by atoms with Gasteiger partial charge in [-0.05, 0) is 36.8 Å². The Labute approximate surface area is 98.3 Å². The number of fused-ring (bicyclic) bond motifs is 1. The van der Waals surface area contributed by atoms with Crippen LogP contribution in [0.4, 0.5) is 0 Å². The number of aryl methyl sites for hydroxylation is 1. The summed E-state index contributed by atoms with van der Waals surface area (Å²) in [6.07, 6.45) is 1.71. The highest BCUT2D eigenvalue weighted by molar-refractivity contribution is 5.70. The van der Waals surface area contributed by atoms with Crippen molar-refractivity contribution in [3.63, 3.8) is 0 Å². The van der Waals surface area contributed by atoms with Crippen LogP contribution < -0.4 is 4.74 Å². The fourth-order valence-electron chi connectivity index (χ4n) is 1.66. The molecule has 17 heavy (non-hydrogen) atoms. The molecule has 0 aliphatic rings. The van der Waals surface area contributed by atoms with Gasteiger partial charge in [-0.25, -0.2) is 4.98 Å². The first-order valence-corrected chi connectivity index (χ1v) is 5.36. The summed E-state index contributed by atoms with van der Waals surface area (Å²) >= 11 is 0. The van der Waals surface area contributed by atoms with Crippen LogP contribution in [0.1, 0.15) is 5.56 Å². The third-order valence-corrected chi connectivity index (χ3v) is 2.44. The van der Waals surface area contributed by atoms with Crippen molar-refractivity contribution in [2.75, 3.05) is 0 Å². The molecule has 0 aliphatic carbocycles. The molecule has 0 atom stereocenters. The van der Waals surface area contributed by atoms with Crippen LogP contribution in [0.2, 0.25) is 0 Å². The lowest BCUT2D eigenvalue weighted by atomic mass is 10.2. The van der Waals surface area contributed by atoms with Crippen LogP contribution >= 0.6 is 0 Å². The molecule has 1 aromatic carbocycles. The number of aromatic nitrogens is 3. The number of benzene rings is 1. The van der Waals surface area contributed by atoms with Crippen molar-refractivity contribution in [3.05, 3.63) is 48.2 Å². The Balaban J connectivity index is 1.94. The maximum atomic E-state index is 5.64. The zero-order chi connectivity index (χ0) is 11.7. The van der Waals surface area contributed by atoms with Crippen LogP contribution in [0.3, 0.4) is 0 Å². The molecule has 0 saturated heterocycles. The van der Waals surface area contributed by atoms with Gasteiger partial charge in [-0.15, -0.1) is 0 Å². The molecule has 2 heterocycles. The number of imidazole rings is 1. The van der Waals surface area contributed by atoms with Crippen molar-refractivity contribution in [1.82, 2.24) is 15.0 Å². The lowest BCUT2D eigenvalue weighted by molar-refractivity contribution is 0.449. The SMILES string of the molecule is Cc1cccc(Oc2nc3ncccc3[nH]2)c1. The summed E-state index contributed by atoms with van der Waals surface area (Å²) in [5.41, 5.74) is 2.68. The van der Waals surface area contributed by atoms with Gasteiger partial charge in [-0.2, -0.15) is 4.98 Å². The van der Waals surface area contributed by atoms with E-state index < -0.39 is 0 Å². The van der Waals surface area contributed by atoms with Crippen molar-refractivity contribution in [2.24, 2.45) is 0 Å². The molecular formula is C13H11N3O. The summed E-state index contributed by atoms with van der Waals surface area (Å²) in [7, 11) is 0. The predicted molar refractivity (Wildman–Crippen MR) is 65.1 cm³/mol. The van der Waals surface area contributed by atoms with Gasteiger partial charge >= 0.3 is 6.01 Å². The Morgan fingerprint density at radius 2 is 2.12 bits per heavy atom. The molecular weight excluding hydrogens is 214 g/mol. The van der Waals surface area contributed by atoms with Gasteiger partial charge in [-0.1, -0.05) is 12.1 Å². The minimum absolute atomic E-state index is 0.462. The summed E-state index contributed by atoms with van der Waals surface area (Å²) in [4.78, 5) is 11.5. The quantitative estimate of drug-likeness (QED) is 0.729. The van der Waals surface area contributed by atoms with Crippen molar-refractivity contribution in [3.8, 4) is 11.8 Å². The maximum absolute atomic E-state index is 5.64. The van der Waals surface area contributed by atoms with E-state index in [0.29, 0.717) is 11.7 Å². The van der Waals surface area contributed by atoms with Crippen LogP contribution in [0.25, 0.3) is 11.2 Å². The fourth-order valence-corrected chi connectivity index (χ4v) is 1.66. The molecule has 4 nitrogen and oxygen atoms in total. The smallest absolute Gasteiger partial charge is 0.301 e. The van der Waals surface area contributed by atoms with Crippen LogP contribution in [-0.4, -0.2) is 15.0 Å². The number of nitrogens with zero attached hydrogens (tertiary/aromatic N) is 2. The number of hydrogen-bond donors (Lipinski definition) is 1. The van der Waals surface area contributed by atoms with Crippen molar-refractivity contribution >= 4 is 11.2 Å². The number of H-pyrrole nitrogens is 1. The highest BCUT2D eigenvalue weighted by Gasteiger charge is 2.04. The van der Waals surface area contributed by atoms with Gasteiger partial charge < -0.3 is 9.72 Å². The van der Waals surface area contributed by atoms with Gasteiger partial charge in [0.1, 0.15) is 5.75 Å². The number of pyridine rings is 1. The van der Waals surface area contributed by atoms with Crippen molar-refractivity contribution < 1.29 is 4.74 Å². The third kappa shape index (κ3) is 1.97. The second kappa shape index (κ2) is 3.90. The van der Waals surface area contributed by atoms with Gasteiger partial charge in [0.25, 0.3) is 0 Å². The van der Waals surface area contributed by atoms with E-state index >= 15 is 0 Å². The molecule has 0 radical (unpaired) electrons. The summed E-state index contributed by atoms with van der Waals surface area (Å²) in [6, 6.07) is 12.1. The number of hydrogen-bond acceptors (Lipinski definition) is 3. The standard InChI is InChI=1S/C13H11N3O/c1-9-4-2-5-10(8-9)17-13-15-11-6-3-7-14-12(11)16-13/h2-8H,1H3,(H,14,15,16). The highest BCUT2D eigenvalue weighted by atomic mass is 16.5. The Kier molecular flexibility index (Phi) is 2.26. The van der Waals surface area contributed by atoms with Crippen LogP contribution in [0.15, 0.2) is 42.6 Å². The molecule has 3 rings (SSSR count). The van der Waals surface area contributed by atoms with E-state index in [1.165, 1.54) is 0 Å². The molecule has 0 aliphatic heterocycles. The van der Waals surface area contributed by atoms with Crippen LogP contribution in [0, 0.1) is 6.92 Å². The van der Waals surface area contributed by atoms with Crippen LogP contribution in [-0.2, 0) is 0 Å². The maximum Gasteiger partial charge on any atom is 0.301 e. The average molecular weight is 225 g/mol. The summed E-state index contributed by atoms with van der Waals surface area (Å²) < 4.78 is 5.64. The monoisotopic (exact) mass is 225 g/mol. The molecule has 0 fully saturated rings. The Bertz CT molecular complexity index is 627. The lowest BCUT2D eigenvalue weighted by Crippen LogP contribution is -1.86. The van der Waals surface area contributed by atoms with Crippen molar-refractivity contribution in [2.45, 2.75) is 6.92 Å². The molecule has 1 N–H and O–H groups in total. The first-order valence-electron chi connectivity index (χ1n) is 5.36. The molecule has 2 aromatic heterocycles. The topological polar surface area (TPSA) is 50.8 Å². The van der Waals surface area contributed by atoms with E-state index in [1.807, 2.05) is 43.3 Å². The minimum Gasteiger partial charge on any atom is -0.426 e. The van der Waals surface area contributed by atoms with E-state index in [9.17, 15) is 0 Å². The Morgan fingerprint density at radius 3 is 2.94 bits per heavy atom. The molecule has 84 valence electrons. The first kappa shape index (κ1) is 9.84. The largest absolute Gasteiger partial charge is 0.426 e. The fraction of sp³-hybridized carbons (Fsp3) is 0.0769. The third-order valence-electron chi connectivity index (χ3n) is 2.44. The Morgan fingerprint density at radius 1 is 1.18 bits per heavy atom. The number of nitrogens with one attached hydrogen (secondary N) is 1. The zero-order valence-corrected chi connectivity index (χ0v) is 9.34. The van der Waals surface area contributed by atoms with Gasteiger partial charge in [0.05, 0.1) is 5.52 Å². The van der Waals surface area contributed by atoms with Crippen molar-refractivity contribution in [1.29, 1.82) is 0 Å². The number of aromatic amines is 1. The minimum atomic E-state index is 0.462. The summed E-state index contributed by atoms with van der Waals surface area (Å²) in [5, 5.41) is 0. The second-order valence-corrected chi connectivity index (χ2v) is 3.84. The van der Waals surface area contributed by atoms with E-state index in [4.69, 9.17) is 4.74 Å². The number of rotatable bonds is 2. The zero-order valence-electron chi connectivity index (χ0n) is 9.34. The molecule has 0 spiro atoms. The van der Waals surface area contributed by atoms with Gasteiger partial charge in [0.2, 0.25) is 0 Å². The molecule has 4 heteroatoms. The van der Waals surface area contributed by atoms with E-state index in [0.717, 1.165) is 16.8 Å². The number of ether oxygens (including phenoxy) is 1. The lowest BCUT2D eigenvalue weighted by Gasteiger charge is -2.01. The van der Waals surface area contributed by atoms with E-state index in [2.05, 4.69) is 15.0 Å². The second-order valence-electron chi connectivity index (χ2n) is 3.84. The molecule has 0 saturated carbocycles. The van der Waals surface area contributed by atoms with E-state index in [-0.39, 0.29) is 0 Å². The predicted octanol–water partition coefficient (Wildman–Crippen LogP) is 3.06. The highest BCUT2D eigenvalue weighted by Crippen LogP contribution is 2.21.